The first-order valence-corrected chi connectivity index (χ1v) is 7.40. The van der Waals surface area contributed by atoms with Crippen molar-refractivity contribution in [1.82, 2.24) is 20.5 Å². The van der Waals surface area contributed by atoms with Crippen LogP contribution in [-0.4, -0.2) is 54.6 Å². The zero-order valence-electron chi connectivity index (χ0n) is 13.1. The van der Waals surface area contributed by atoms with E-state index in [1.165, 1.54) is 12.8 Å². The Morgan fingerprint density at radius 1 is 1.50 bits per heavy atom. The minimum atomic E-state index is -0.215. The van der Waals surface area contributed by atoms with Crippen LogP contribution in [0.25, 0.3) is 0 Å². The van der Waals surface area contributed by atoms with E-state index in [-0.39, 0.29) is 5.60 Å². The van der Waals surface area contributed by atoms with Gasteiger partial charge in [0.2, 0.25) is 5.95 Å². The lowest BCUT2D eigenvalue weighted by molar-refractivity contribution is 0.0216. The number of aromatic nitrogens is 3. The predicted octanol–water partition coefficient (Wildman–Crippen LogP) is 1.21. The molecule has 1 aliphatic rings. The number of anilines is 1. The molecule has 0 aromatic carbocycles. The Morgan fingerprint density at radius 3 is 3.00 bits per heavy atom. The topological polar surface area (TPSA) is 66.1 Å². The molecule has 1 unspecified atom stereocenters. The maximum atomic E-state index is 5.44. The van der Waals surface area contributed by atoms with Crippen LogP contribution in [0.3, 0.4) is 0 Å². The lowest BCUT2D eigenvalue weighted by atomic mass is 9.98. The van der Waals surface area contributed by atoms with Gasteiger partial charge < -0.3 is 15.0 Å². The van der Waals surface area contributed by atoms with Gasteiger partial charge in [0, 0.05) is 26.6 Å². The van der Waals surface area contributed by atoms with Crippen molar-refractivity contribution in [2.45, 2.75) is 38.7 Å². The highest BCUT2D eigenvalue weighted by Gasteiger charge is 2.24. The molecule has 2 N–H and O–H groups in total. The largest absolute Gasteiger partial charge is 0.378 e. The van der Waals surface area contributed by atoms with Crippen LogP contribution in [0.5, 0.6) is 0 Å². The number of methoxy groups -OCH3 is 1. The minimum Gasteiger partial charge on any atom is -0.378 e. The van der Waals surface area contributed by atoms with Crippen LogP contribution >= 0.6 is 0 Å². The second-order valence-corrected chi connectivity index (χ2v) is 6.23. The Morgan fingerprint density at radius 2 is 2.30 bits per heavy atom. The highest BCUT2D eigenvalue weighted by molar-refractivity contribution is 5.29. The van der Waals surface area contributed by atoms with E-state index in [0.29, 0.717) is 5.92 Å². The number of ether oxygens (including phenoxy) is 1. The number of aromatic amines is 1. The van der Waals surface area contributed by atoms with Crippen LogP contribution in [-0.2, 0) is 11.2 Å². The van der Waals surface area contributed by atoms with Crippen LogP contribution in [0.1, 0.15) is 32.5 Å². The molecule has 0 saturated carbocycles. The summed E-state index contributed by atoms with van der Waals surface area (Å²) in [5.74, 6) is 2.40. The van der Waals surface area contributed by atoms with Crippen LogP contribution < -0.4 is 10.2 Å². The zero-order valence-corrected chi connectivity index (χ0v) is 13.1. The van der Waals surface area contributed by atoms with E-state index in [1.807, 2.05) is 7.05 Å². The van der Waals surface area contributed by atoms with E-state index in [2.05, 4.69) is 39.2 Å². The molecule has 1 saturated heterocycles. The van der Waals surface area contributed by atoms with Crippen molar-refractivity contribution in [3.63, 3.8) is 0 Å². The van der Waals surface area contributed by atoms with Gasteiger partial charge in [0.05, 0.1) is 5.60 Å². The molecule has 1 aromatic rings. The monoisotopic (exact) mass is 281 g/mol. The van der Waals surface area contributed by atoms with Gasteiger partial charge >= 0.3 is 0 Å². The standard InChI is InChI=1S/C14H27N5O/c1-14(2,20-4)8-12-16-13(18-17-12)19-7-5-6-11(10-19)9-15-3/h11,15H,5-10H2,1-4H3,(H,16,17,18). The summed E-state index contributed by atoms with van der Waals surface area (Å²) in [6, 6.07) is 0. The van der Waals surface area contributed by atoms with Gasteiger partial charge in [0.15, 0.2) is 0 Å². The summed E-state index contributed by atoms with van der Waals surface area (Å²) in [5, 5.41) is 10.7. The molecular formula is C14H27N5O. The normalized spacial score (nSPS) is 20.4. The second-order valence-electron chi connectivity index (χ2n) is 6.23. The maximum absolute atomic E-state index is 5.44. The molecule has 0 spiro atoms. The molecule has 1 aliphatic heterocycles. The molecule has 2 rings (SSSR count). The Hall–Kier alpha value is -1.14. The summed E-state index contributed by atoms with van der Waals surface area (Å²) in [6.45, 7) is 7.25. The lowest BCUT2D eigenvalue weighted by Crippen LogP contribution is -2.39. The third-order valence-electron chi connectivity index (χ3n) is 3.96. The molecule has 0 radical (unpaired) electrons. The van der Waals surface area contributed by atoms with Gasteiger partial charge in [0.25, 0.3) is 0 Å². The Labute approximate surface area is 121 Å². The summed E-state index contributed by atoms with van der Waals surface area (Å²) < 4.78 is 5.44. The molecule has 6 heteroatoms. The van der Waals surface area contributed by atoms with Crippen molar-refractivity contribution in [2.24, 2.45) is 5.92 Å². The van der Waals surface area contributed by atoms with Gasteiger partial charge in [-0.1, -0.05) is 0 Å². The van der Waals surface area contributed by atoms with Gasteiger partial charge in [-0.25, -0.2) is 0 Å². The van der Waals surface area contributed by atoms with Crippen molar-refractivity contribution >= 4 is 5.95 Å². The van der Waals surface area contributed by atoms with Crippen molar-refractivity contribution in [3.8, 4) is 0 Å². The smallest absolute Gasteiger partial charge is 0.244 e. The number of rotatable bonds is 6. The molecule has 0 aliphatic carbocycles. The van der Waals surface area contributed by atoms with Gasteiger partial charge in [-0.15, -0.1) is 5.10 Å². The number of nitrogens with zero attached hydrogens (tertiary/aromatic N) is 3. The Bertz CT molecular complexity index is 415. The quantitative estimate of drug-likeness (QED) is 0.820. The summed E-state index contributed by atoms with van der Waals surface area (Å²) in [4.78, 5) is 6.90. The van der Waals surface area contributed by atoms with Gasteiger partial charge in [0.1, 0.15) is 5.82 Å². The first kappa shape index (κ1) is 15.3. The number of H-pyrrole nitrogens is 1. The highest BCUT2D eigenvalue weighted by atomic mass is 16.5. The van der Waals surface area contributed by atoms with Gasteiger partial charge in [-0.3, -0.25) is 5.10 Å². The predicted molar refractivity (Wildman–Crippen MR) is 80.0 cm³/mol. The van der Waals surface area contributed by atoms with E-state index < -0.39 is 0 Å². The maximum Gasteiger partial charge on any atom is 0.244 e. The average Bonchev–Trinajstić information content (AvgIpc) is 2.87. The molecule has 0 amide bonds. The Balaban J connectivity index is 1.97. The van der Waals surface area contributed by atoms with Crippen molar-refractivity contribution < 1.29 is 4.74 Å². The molecule has 20 heavy (non-hydrogen) atoms. The molecule has 1 atom stereocenters. The zero-order chi connectivity index (χ0) is 14.6. The highest BCUT2D eigenvalue weighted by Crippen LogP contribution is 2.21. The van der Waals surface area contributed by atoms with Gasteiger partial charge in [-0.05, 0) is 46.2 Å². The van der Waals surface area contributed by atoms with E-state index in [4.69, 9.17) is 4.74 Å². The molecular weight excluding hydrogens is 254 g/mol. The molecule has 114 valence electrons. The summed E-state index contributed by atoms with van der Waals surface area (Å²) in [7, 11) is 3.74. The number of nitrogens with one attached hydrogen (secondary N) is 2. The average molecular weight is 281 g/mol. The van der Waals surface area contributed by atoms with E-state index in [0.717, 1.165) is 37.8 Å². The van der Waals surface area contributed by atoms with Crippen molar-refractivity contribution in [1.29, 1.82) is 0 Å². The van der Waals surface area contributed by atoms with E-state index in [1.54, 1.807) is 7.11 Å². The third kappa shape index (κ3) is 3.93. The van der Waals surface area contributed by atoms with Gasteiger partial charge in [-0.2, -0.15) is 4.98 Å². The number of piperidine rings is 1. The lowest BCUT2D eigenvalue weighted by Gasteiger charge is -2.31. The fourth-order valence-electron chi connectivity index (χ4n) is 2.68. The van der Waals surface area contributed by atoms with Crippen molar-refractivity contribution in [3.05, 3.63) is 5.82 Å². The number of hydrogen-bond acceptors (Lipinski definition) is 5. The first-order chi connectivity index (χ1) is 9.54. The summed E-state index contributed by atoms with van der Waals surface area (Å²) >= 11 is 0. The summed E-state index contributed by atoms with van der Waals surface area (Å²) in [6.07, 6.45) is 3.23. The summed E-state index contributed by atoms with van der Waals surface area (Å²) in [5.41, 5.74) is -0.215. The Kier molecular flexibility index (Phi) is 4.99. The fourth-order valence-corrected chi connectivity index (χ4v) is 2.68. The van der Waals surface area contributed by atoms with Crippen LogP contribution in [0.4, 0.5) is 5.95 Å². The third-order valence-corrected chi connectivity index (χ3v) is 3.96. The second kappa shape index (κ2) is 6.54. The minimum absolute atomic E-state index is 0.215. The SMILES string of the molecule is CNCC1CCCN(c2n[nH]c(CC(C)(C)OC)n2)C1. The fraction of sp³-hybridized carbons (Fsp3) is 0.857. The molecule has 1 aromatic heterocycles. The van der Waals surface area contributed by atoms with E-state index >= 15 is 0 Å². The molecule has 0 bridgehead atoms. The number of hydrogen-bond donors (Lipinski definition) is 2. The molecule has 1 fully saturated rings. The molecule has 2 heterocycles. The van der Waals surface area contributed by atoms with Crippen LogP contribution in [0.2, 0.25) is 0 Å². The van der Waals surface area contributed by atoms with Crippen LogP contribution in [0.15, 0.2) is 0 Å². The first-order valence-electron chi connectivity index (χ1n) is 7.40. The van der Waals surface area contributed by atoms with E-state index in [9.17, 15) is 0 Å². The molecule has 6 nitrogen and oxygen atoms in total. The van der Waals surface area contributed by atoms with Crippen molar-refractivity contribution in [2.75, 3.05) is 38.7 Å². The van der Waals surface area contributed by atoms with Crippen LogP contribution in [0, 0.1) is 5.92 Å².